The number of nitrogens with zero attached hydrogens (tertiary/aromatic N) is 9. The number of likely N-dealkylation sites (N-methyl/N-ethyl adjacent to an activating group) is 2. The molecule has 0 fully saturated rings. The molecule has 0 saturated carbocycles. The molecular weight excluding hydrogens is 1010 g/mol. The summed E-state index contributed by atoms with van der Waals surface area (Å²) in [6, 6.07) is 19.7. The van der Waals surface area contributed by atoms with E-state index >= 15 is 0 Å². The Morgan fingerprint density at radius 2 is 1.32 bits per heavy atom. The van der Waals surface area contributed by atoms with Crippen LogP contribution in [-0.2, 0) is 57.2 Å². The summed E-state index contributed by atoms with van der Waals surface area (Å²) < 4.78 is 60.7. The highest BCUT2D eigenvalue weighted by Gasteiger charge is 2.34. The first-order valence-electron chi connectivity index (χ1n) is 25.0. The van der Waals surface area contributed by atoms with E-state index in [2.05, 4.69) is 78.1 Å². The molecule has 0 aliphatic heterocycles. The molecule has 2 aliphatic carbocycles. The van der Waals surface area contributed by atoms with Crippen LogP contribution < -0.4 is 11.1 Å². The lowest BCUT2D eigenvalue weighted by molar-refractivity contribution is 0.0667. The van der Waals surface area contributed by atoms with Gasteiger partial charge < -0.3 is 20.9 Å². The number of hydrogen-bond acceptors (Lipinski definition) is 12. The van der Waals surface area contributed by atoms with Gasteiger partial charge in [0.05, 0.1) is 48.4 Å². The van der Waals surface area contributed by atoms with E-state index in [-0.39, 0.29) is 41.1 Å². The number of nitrogens with one attached hydrogen (secondary N) is 2. The van der Waals surface area contributed by atoms with Gasteiger partial charge in [-0.25, -0.2) is 34.9 Å². The zero-order chi connectivity index (χ0) is 55.1. The van der Waals surface area contributed by atoms with Crippen molar-refractivity contribution < 1.29 is 36.3 Å². The molecule has 2 atom stereocenters. The Morgan fingerprint density at radius 1 is 0.800 bits per heavy atom. The number of nitrogen functional groups attached to an aromatic ring is 1. The van der Waals surface area contributed by atoms with Crippen molar-refractivity contribution in [2.24, 2.45) is 10.8 Å². The highest BCUT2D eigenvalue weighted by Crippen LogP contribution is 2.37. The molecule has 1 amide bonds. The molecule has 2 aliphatic rings. The maximum atomic E-state index is 12.9. The lowest BCUT2D eigenvalue weighted by atomic mass is 9.76. The molecule has 0 saturated heterocycles. The number of carboxylic acid groups (broad SMARTS) is 1. The van der Waals surface area contributed by atoms with Gasteiger partial charge in [0.2, 0.25) is 20.0 Å². The maximum Gasteiger partial charge on any atom is 0.356 e. The number of aromatic carboxylic acids is 1. The molecule has 6 aromatic rings. The molecule has 75 heavy (non-hydrogen) atoms. The number of rotatable bonds is 18. The zero-order valence-corrected chi connectivity index (χ0v) is 47.9. The molecule has 20 nitrogen and oxygen atoms in total. The quantitative estimate of drug-likeness (QED) is 0.0491. The number of sulfonamides is 2. The number of carbonyl (C=O) groups excluding carboxylic acids is 1. The molecule has 8 rings (SSSR count). The minimum Gasteiger partial charge on any atom is -0.476 e. The number of nitrogens with two attached hydrogens (primary N) is 1. The molecule has 0 radical (unpaired) electrons. The summed E-state index contributed by atoms with van der Waals surface area (Å²) in [7, 11) is -4.62. The van der Waals surface area contributed by atoms with E-state index < -0.39 is 34.1 Å². The molecule has 408 valence electrons. The highest BCUT2D eigenvalue weighted by molar-refractivity contribution is 7.88. The van der Waals surface area contributed by atoms with Gasteiger partial charge in [-0.15, -0.1) is 0 Å². The average Bonchev–Trinajstić information content (AvgIpc) is 4.14. The van der Waals surface area contributed by atoms with E-state index in [1.54, 1.807) is 52.9 Å². The normalized spacial score (nSPS) is 15.9. The van der Waals surface area contributed by atoms with Gasteiger partial charge in [-0.1, -0.05) is 108 Å². The van der Waals surface area contributed by atoms with Crippen LogP contribution in [0.25, 0.3) is 0 Å². The molecule has 0 spiro atoms. The molecule has 2 unspecified atom stereocenters. The SMILES string of the molecule is CC1(C)CCc2c(C(=O)O)nn(COCC[Si](C)(C)C)c2C1.CN(CC(c1ccccc1)n1cc(N)cn1)S(C)(=O)=O.CN(CC(c1ccccc1)n1cc(NC(=O)c2n[nH]c3c2CCC(C)(C)C3)cn1)S(C)(=O)=O. The minimum atomic E-state index is -3.36. The molecule has 4 aromatic heterocycles. The van der Waals surface area contributed by atoms with Crippen LogP contribution in [0.15, 0.2) is 85.5 Å². The molecular formula is C52H76N12O8S2Si. The predicted octanol–water partition coefficient (Wildman–Crippen LogP) is 7.21. The van der Waals surface area contributed by atoms with Crippen LogP contribution in [0.2, 0.25) is 25.7 Å². The van der Waals surface area contributed by atoms with E-state index in [1.165, 1.54) is 21.1 Å². The second kappa shape index (κ2) is 23.9. The van der Waals surface area contributed by atoms with Crippen molar-refractivity contribution in [1.82, 2.24) is 48.1 Å². The van der Waals surface area contributed by atoms with E-state index in [0.717, 1.165) is 84.8 Å². The molecule has 5 N–H and O–H groups in total. The Hall–Kier alpha value is -5.98. The first-order chi connectivity index (χ1) is 35.0. The minimum absolute atomic E-state index is 0.193. The lowest BCUT2D eigenvalue weighted by Gasteiger charge is -2.30. The van der Waals surface area contributed by atoms with Crippen molar-refractivity contribution in [1.29, 1.82) is 0 Å². The van der Waals surface area contributed by atoms with Gasteiger partial charge in [-0.2, -0.15) is 20.4 Å². The van der Waals surface area contributed by atoms with Crippen molar-refractivity contribution in [2.45, 2.75) is 111 Å². The average molecular weight is 1090 g/mol. The van der Waals surface area contributed by atoms with Crippen molar-refractivity contribution in [3.63, 3.8) is 0 Å². The number of anilines is 2. The first-order valence-corrected chi connectivity index (χ1v) is 32.4. The zero-order valence-electron chi connectivity index (χ0n) is 45.2. The number of H-pyrrole nitrogens is 1. The van der Waals surface area contributed by atoms with Gasteiger partial charge in [-0.05, 0) is 66.5 Å². The number of carboxylic acids is 1. The van der Waals surface area contributed by atoms with Crippen LogP contribution in [0.1, 0.15) is 107 Å². The van der Waals surface area contributed by atoms with Gasteiger partial charge >= 0.3 is 5.97 Å². The number of amides is 1. The number of fused-ring (bicyclic) bond motifs is 2. The number of ether oxygens (including phenoxy) is 1. The van der Waals surface area contributed by atoms with Crippen LogP contribution in [-0.4, -0.2) is 136 Å². The van der Waals surface area contributed by atoms with Crippen LogP contribution in [0.4, 0.5) is 11.4 Å². The van der Waals surface area contributed by atoms with E-state index in [9.17, 15) is 31.5 Å². The predicted molar refractivity (Wildman–Crippen MR) is 294 cm³/mol. The summed E-state index contributed by atoms with van der Waals surface area (Å²) in [6.45, 7) is 17.4. The van der Waals surface area contributed by atoms with Crippen LogP contribution in [0.5, 0.6) is 0 Å². The van der Waals surface area contributed by atoms with E-state index in [1.807, 2.05) is 60.7 Å². The van der Waals surface area contributed by atoms with E-state index in [0.29, 0.717) is 30.3 Å². The number of benzene rings is 2. The monoisotopic (exact) mass is 1090 g/mol. The number of hydrogen-bond donors (Lipinski definition) is 4. The van der Waals surface area contributed by atoms with Gasteiger partial charge in [0, 0.05) is 76.8 Å². The molecule has 2 aromatic carbocycles. The van der Waals surface area contributed by atoms with E-state index in [4.69, 9.17) is 10.5 Å². The first kappa shape index (κ1) is 58.3. The third kappa shape index (κ3) is 16.3. The number of carbonyl (C=O) groups is 2. The third-order valence-electron chi connectivity index (χ3n) is 13.6. The second-order valence-electron chi connectivity index (χ2n) is 22.5. The summed E-state index contributed by atoms with van der Waals surface area (Å²) in [6.07, 6.45) is 14.2. The highest BCUT2D eigenvalue weighted by atomic mass is 32.2. The Kier molecular flexibility index (Phi) is 18.6. The van der Waals surface area contributed by atoms with Crippen molar-refractivity contribution >= 4 is 51.4 Å². The Bertz CT molecular complexity index is 3110. The number of aromatic nitrogens is 8. The number of aromatic amines is 1. The summed E-state index contributed by atoms with van der Waals surface area (Å²) in [5, 5.41) is 32.5. The third-order valence-corrected chi connectivity index (χ3v) is 17.9. The summed E-state index contributed by atoms with van der Waals surface area (Å²) in [5.74, 6) is -1.21. The summed E-state index contributed by atoms with van der Waals surface area (Å²) in [4.78, 5) is 24.3. The van der Waals surface area contributed by atoms with Crippen LogP contribution in [0.3, 0.4) is 0 Å². The van der Waals surface area contributed by atoms with Gasteiger partial charge in [0.15, 0.2) is 11.4 Å². The smallest absolute Gasteiger partial charge is 0.356 e. The summed E-state index contributed by atoms with van der Waals surface area (Å²) in [5.41, 5.74) is 13.6. The maximum absolute atomic E-state index is 12.9. The van der Waals surface area contributed by atoms with Gasteiger partial charge in [0.25, 0.3) is 5.91 Å². The molecule has 23 heteroatoms. The van der Waals surface area contributed by atoms with Gasteiger partial charge in [-0.3, -0.25) is 19.3 Å². The lowest BCUT2D eigenvalue weighted by Crippen LogP contribution is -2.33. The van der Waals surface area contributed by atoms with Crippen molar-refractivity contribution in [3.8, 4) is 0 Å². The van der Waals surface area contributed by atoms with Crippen LogP contribution in [0, 0.1) is 10.8 Å². The standard InChI is InChI=1S/C23H30N6O3S.C16H28N2O3Si.C13H18N4O2S/c1-23(2)11-10-18-19(12-23)26-27-21(18)22(30)25-17-13-24-29(14-17)20(15-28(3)33(4,31)32)16-8-6-5-7-9-16;1-16(2)7-6-12-13(10-16)18(17-14(12)15(19)20)11-21-8-9-22(3,4)5;1-16(20(2,18)19)10-13(11-6-4-3-5-7-11)17-9-12(14)8-15-17/h5-9,13-14,20H,10-12,15H2,1-4H3,(H,25,30)(H,26,27);6-11H2,1-5H3,(H,19,20);3-9,13H,10,14H2,1-2H3. The second-order valence-corrected chi connectivity index (χ2v) is 32.3. The Labute approximate surface area is 443 Å². The van der Waals surface area contributed by atoms with Crippen molar-refractivity contribution in [2.75, 3.05) is 57.4 Å². The summed E-state index contributed by atoms with van der Waals surface area (Å²) >= 11 is 0. The Balaban J connectivity index is 0.000000191. The fraction of sp³-hybridized carbons (Fsp3) is 0.500. The van der Waals surface area contributed by atoms with Crippen LogP contribution >= 0.6 is 0 Å². The molecule has 4 heterocycles. The fourth-order valence-electron chi connectivity index (χ4n) is 8.92. The topological polar surface area (TPSA) is 259 Å². The largest absolute Gasteiger partial charge is 0.476 e. The Morgan fingerprint density at radius 3 is 1.83 bits per heavy atom. The van der Waals surface area contributed by atoms with Gasteiger partial charge in [0.1, 0.15) is 6.73 Å². The van der Waals surface area contributed by atoms with Crippen molar-refractivity contribution in [3.05, 3.63) is 130 Å². The molecule has 0 bridgehead atoms. The fourth-order valence-corrected chi connectivity index (χ4v) is 10.5.